The molecule has 120 valence electrons. The summed E-state index contributed by atoms with van der Waals surface area (Å²) in [6.45, 7) is 3.75. The van der Waals surface area contributed by atoms with E-state index in [2.05, 4.69) is 0 Å². The van der Waals surface area contributed by atoms with Crippen molar-refractivity contribution in [1.82, 2.24) is 4.90 Å². The molecule has 4 heteroatoms. The number of amides is 2. The molecule has 0 heterocycles. The number of carbonyl (C=O) groups excluding carboxylic acids is 2. The molecule has 0 spiro atoms. The summed E-state index contributed by atoms with van der Waals surface area (Å²) in [5.41, 5.74) is 7.84. The van der Waals surface area contributed by atoms with Crippen LogP contribution in [0.15, 0.2) is 54.6 Å². The first-order chi connectivity index (χ1) is 10.9. The van der Waals surface area contributed by atoms with Crippen LogP contribution in [0.25, 0.3) is 11.1 Å². The summed E-state index contributed by atoms with van der Waals surface area (Å²) < 4.78 is 0. The van der Waals surface area contributed by atoms with E-state index < -0.39 is 11.9 Å². The molecular weight excluding hydrogens is 288 g/mol. The van der Waals surface area contributed by atoms with Crippen LogP contribution in [0.1, 0.15) is 24.2 Å². The lowest BCUT2D eigenvalue weighted by molar-refractivity contribution is -0.123. The minimum absolute atomic E-state index is 0.0506. The molecule has 23 heavy (non-hydrogen) atoms. The van der Waals surface area contributed by atoms with Crippen molar-refractivity contribution in [2.75, 3.05) is 7.05 Å². The Balaban J connectivity index is 2.43. The maximum absolute atomic E-state index is 12.9. The zero-order valence-electron chi connectivity index (χ0n) is 13.7. The van der Waals surface area contributed by atoms with Crippen molar-refractivity contribution < 1.29 is 9.59 Å². The predicted molar refractivity (Wildman–Crippen MR) is 91.8 cm³/mol. The monoisotopic (exact) mass is 310 g/mol. The number of hydrogen-bond donors (Lipinski definition) is 1. The Bertz CT molecular complexity index is 696. The third kappa shape index (κ3) is 3.59. The van der Waals surface area contributed by atoms with Gasteiger partial charge in [0.2, 0.25) is 5.91 Å². The van der Waals surface area contributed by atoms with Gasteiger partial charge in [0.25, 0.3) is 5.91 Å². The van der Waals surface area contributed by atoms with Crippen LogP contribution < -0.4 is 5.73 Å². The highest BCUT2D eigenvalue weighted by Gasteiger charge is 2.29. The molecule has 0 saturated carbocycles. The third-order valence-electron chi connectivity index (χ3n) is 3.90. The fourth-order valence-electron chi connectivity index (χ4n) is 2.82. The molecule has 1 unspecified atom stereocenters. The predicted octanol–water partition coefficient (Wildman–Crippen LogP) is 2.94. The van der Waals surface area contributed by atoms with Crippen molar-refractivity contribution in [3.8, 4) is 11.1 Å². The molecule has 2 aromatic rings. The Morgan fingerprint density at radius 2 is 1.52 bits per heavy atom. The maximum atomic E-state index is 12.9. The average Bonchev–Trinajstić information content (AvgIpc) is 2.54. The van der Waals surface area contributed by atoms with Gasteiger partial charge in [0, 0.05) is 12.6 Å². The number of likely N-dealkylation sites (N-methyl/N-ethyl adjacent to an activating group) is 1. The van der Waals surface area contributed by atoms with Crippen molar-refractivity contribution >= 4 is 11.8 Å². The molecule has 0 bridgehead atoms. The first kappa shape index (κ1) is 16.7. The van der Waals surface area contributed by atoms with Crippen LogP contribution in [0.4, 0.5) is 0 Å². The summed E-state index contributed by atoms with van der Waals surface area (Å²) in [6, 6.07) is 16.5. The van der Waals surface area contributed by atoms with Crippen LogP contribution in [0.2, 0.25) is 0 Å². The summed E-state index contributed by atoms with van der Waals surface area (Å²) >= 11 is 0. The molecule has 0 aliphatic carbocycles. The zero-order chi connectivity index (χ0) is 17.0. The van der Waals surface area contributed by atoms with Crippen molar-refractivity contribution in [1.29, 1.82) is 0 Å². The van der Waals surface area contributed by atoms with Crippen LogP contribution in [-0.2, 0) is 4.79 Å². The van der Waals surface area contributed by atoms with E-state index in [9.17, 15) is 9.59 Å². The Kier molecular flexibility index (Phi) is 5.16. The number of nitrogens with zero attached hydrogens (tertiary/aromatic N) is 1. The first-order valence-electron chi connectivity index (χ1n) is 7.64. The number of hydrogen-bond acceptors (Lipinski definition) is 2. The lowest BCUT2D eigenvalue weighted by atomic mass is 9.97. The molecule has 0 aliphatic heterocycles. The van der Waals surface area contributed by atoms with Crippen LogP contribution in [-0.4, -0.2) is 29.8 Å². The average molecular weight is 310 g/mol. The smallest absolute Gasteiger partial charge is 0.254 e. The second-order valence-corrected chi connectivity index (χ2v) is 5.92. The van der Waals surface area contributed by atoms with Gasteiger partial charge in [-0.2, -0.15) is 0 Å². The van der Waals surface area contributed by atoms with Gasteiger partial charge in [-0.3, -0.25) is 9.59 Å². The second-order valence-electron chi connectivity index (χ2n) is 5.92. The normalized spacial score (nSPS) is 12.0. The summed E-state index contributed by atoms with van der Waals surface area (Å²) in [5.74, 6) is -0.750. The van der Waals surface area contributed by atoms with Crippen LogP contribution in [0.5, 0.6) is 0 Å². The Morgan fingerprint density at radius 3 is 2.09 bits per heavy atom. The highest BCUT2D eigenvalue weighted by molar-refractivity contribution is 6.02. The quantitative estimate of drug-likeness (QED) is 0.923. The van der Waals surface area contributed by atoms with Crippen molar-refractivity contribution in [2.24, 2.45) is 11.7 Å². The minimum atomic E-state index is -0.633. The van der Waals surface area contributed by atoms with E-state index >= 15 is 0 Å². The van der Waals surface area contributed by atoms with Gasteiger partial charge >= 0.3 is 0 Å². The topological polar surface area (TPSA) is 63.4 Å². The Hall–Kier alpha value is -2.62. The van der Waals surface area contributed by atoms with E-state index in [1.807, 2.05) is 62.4 Å². The van der Waals surface area contributed by atoms with Crippen molar-refractivity contribution in [2.45, 2.75) is 19.9 Å². The number of carbonyl (C=O) groups is 2. The van der Waals surface area contributed by atoms with Gasteiger partial charge in [0.15, 0.2) is 0 Å². The van der Waals surface area contributed by atoms with E-state index in [1.165, 1.54) is 4.90 Å². The van der Waals surface area contributed by atoms with E-state index in [-0.39, 0.29) is 11.8 Å². The van der Waals surface area contributed by atoms with Gasteiger partial charge in [-0.25, -0.2) is 0 Å². The number of primary amides is 1. The maximum Gasteiger partial charge on any atom is 0.254 e. The standard InChI is InChI=1S/C19H22N2O2/c1-13(2)17(18(20)22)21(3)19(23)16-12-8-7-11-15(16)14-9-5-4-6-10-14/h4-13,17H,1-3H3,(H2,20,22). The summed E-state index contributed by atoms with van der Waals surface area (Å²) in [5, 5.41) is 0. The van der Waals surface area contributed by atoms with E-state index in [1.54, 1.807) is 13.1 Å². The Morgan fingerprint density at radius 1 is 0.957 bits per heavy atom. The van der Waals surface area contributed by atoms with E-state index in [4.69, 9.17) is 5.73 Å². The molecule has 2 amide bonds. The van der Waals surface area contributed by atoms with Gasteiger partial charge in [-0.05, 0) is 23.1 Å². The summed E-state index contributed by atoms with van der Waals surface area (Å²) in [6.07, 6.45) is 0. The van der Waals surface area contributed by atoms with E-state index in [0.29, 0.717) is 5.56 Å². The summed E-state index contributed by atoms with van der Waals surface area (Å²) in [4.78, 5) is 26.0. The highest BCUT2D eigenvalue weighted by Crippen LogP contribution is 2.25. The minimum Gasteiger partial charge on any atom is -0.368 e. The van der Waals surface area contributed by atoms with Crippen LogP contribution in [0, 0.1) is 5.92 Å². The van der Waals surface area contributed by atoms with Gasteiger partial charge in [-0.15, -0.1) is 0 Å². The zero-order valence-corrected chi connectivity index (χ0v) is 13.7. The fraction of sp³-hybridized carbons (Fsp3) is 0.263. The lowest BCUT2D eigenvalue weighted by Gasteiger charge is -2.29. The SMILES string of the molecule is CC(C)C(C(N)=O)N(C)C(=O)c1ccccc1-c1ccccc1. The molecule has 2 aromatic carbocycles. The number of rotatable bonds is 5. The van der Waals surface area contributed by atoms with Gasteiger partial charge in [0.1, 0.15) is 6.04 Å². The van der Waals surface area contributed by atoms with Gasteiger partial charge < -0.3 is 10.6 Å². The molecule has 0 aliphatic rings. The summed E-state index contributed by atoms with van der Waals surface area (Å²) in [7, 11) is 1.62. The third-order valence-corrected chi connectivity index (χ3v) is 3.90. The molecule has 2 rings (SSSR count). The number of benzene rings is 2. The number of nitrogens with two attached hydrogens (primary N) is 1. The molecule has 0 aromatic heterocycles. The molecule has 4 nitrogen and oxygen atoms in total. The largest absolute Gasteiger partial charge is 0.368 e. The molecule has 1 atom stereocenters. The molecule has 2 N–H and O–H groups in total. The van der Waals surface area contributed by atoms with Crippen molar-refractivity contribution in [3.63, 3.8) is 0 Å². The van der Waals surface area contributed by atoms with Crippen LogP contribution in [0.3, 0.4) is 0 Å². The second kappa shape index (κ2) is 7.09. The molecule has 0 radical (unpaired) electrons. The lowest BCUT2D eigenvalue weighted by Crippen LogP contribution is -2.48. The first-order valence-corrected chi connectivity index (χ1v) is 7.64. The molecule has 0 fully saturated rings. The highest BCUT2D eigenvalue weighted by atomic mass is 16.2. The Labute approximate surface area is 136 Å². The molecule has 0 saturated heterocycles. The molecular formula is C19H22N2O2. The van der Waals surface area contributed by atoms with Gasteiger partial charge in [0.05, 0.1) is 0 Å². The van der Waals surface area contributed by atoms with E-state index in [0.717, 1.165) is 11.1 Å². The van der Waals surface area contributed by atoms with Crippen molar-refractivity contribution in [3.05, 3.63) is 60.2 Å². The fourth-order valence-corrected chi connectivity index (χ4v) is 2.82. The van der Waals surface area contributed by atoms with Crippen LogP contribution >= 0.6 is 0 Å². The van der Waals surface area contributed by atoms with Gasteiger partial charge in [-0.1, -0.05) is 62.4 Å².